The minimum atomic E-state index is -0.310. The van der Waals surface area contributed by atoms with Crippen LogP contribution in [0.25, 0.3) is 23.0 Å². The molecule has 1 aliphatic rings. The van der Waals surface area contributed by atoms with E-state index in [0.717, 1.165) is 22.5 Å². The second kappa shape index (κ2) is 6.65. The van der Waals surface area contributed by atoms with Crippen LogP contribution in [0.15, 0.2) is 70.7 Å². The van der Waals surface area contributed by atoms with Gasteiger partial charge in [-0.25, -0.2) is 4.68 Å². The van der Waals surface area contributed by atoms with Crippen LogP contribution >= 0.6 is 11.8 Å². The minimum Gasteiger partial charge on any atom is -0.378 e. The number of nitrogens with zero attached hydrogens (tertiary/aromatic N) is 3. The van der Waals surface area contributed by atoms with Crippen LogP contribution in [-0.4, -0.2) is 20.9 Å². The number of aryl methyl sites for hydroxylation is 1. The van der Waals surface area contributed by atoms with Crippen LogP contribution in [0.1, 0.15) is 11.1 Å². The molecular formula is C20H16N4OS. The van der Waals surface area contributed by atoms with Crippen molar-refractivity contribution in [1.82, 2.24) is 9.78 Å². The van der Waals surface area contributed by atoms with Crippen molar-refractivity contribution in [1.29, 1.82) is 0 Å². The number of hydrogen-bond acceptors (Lipinski definition) is 4. The number of amidine groups is 1. The summed E-state index contributed by atoms with van der Waals surface area (Å²) < 4.78 is 1.82. The number of hydrogen-bond donors (Lipinski definition) is 1. The predicted octanol–water partition coefficient (Wildman–Crippen LogP) is 3.78. The van der Waals surface area contributed by atoms with Gasteiger partial charge in [-0.05, 0) is 36.9 Å². The van der Waals surface area contributed by atoms with Crippen LogP contribution in [0.2, 0.25) is 0 Å². The highest BCUT2D eigenvalue weighted by Gasteiger charge is 2.21. The molecule has 0 saturated heterocycles. The van der Waals surface area contributed by atoms with Gasteiger partial charge in [-0.3, -0.25) is 4.79 Å². The largest absolute Gasteiger partial charge is 0.378 e. The first-order valence-electron chi connectivity index (χ1n) is 8.10. The van der Waals surface area contributed by atoms with E-state index in [1.807, 2.05) is 72.4 Å². The number of thioether (sulfide) groups is 1. The lowest BCUT2D eigenvalue weighted by Gasteiger charge is -2.01. The molecule has 0 fully saturated rings. The van der Waals surface area contributed by atoms with Gasteiger partial charge in [0.15, 0.2) is 5.17 Å². The summed E-state index contributed by atoms with van der Waals surface area (Å²) in [6.45, 7) is 2.04. The van der Waals surface area contributed by atoms with E-state index < -0.39 is 0 Å². The molecule has 1 aliphatic heterocycles. The van der Waals surface area contributed by atoms with Crippen molar-refractivity contribution >= 4 is 28.9 Å². The Morgan fingerprint density at radius 2 is 1.81 bits per heavy atom. The molecule has 0 aliphatic carbocycles. The minimum absolute atomic E-state index is 0.272. The molecule has 2 heterocycles. The van der Waals surface area contributed by atoms with Crippen LogP contribution < -0.4 is 5.73 Å². The molecule has 6 heteroatoms. The lowest BCUT2D eigenvalue weighted by Crippen LogP contribution is -2.01. The number of amides is 1. The zero-order valence-corrected chi connectivity index (χ0v) is 14.9. The quantitative estimate of drug-likeness (QED) is 0.722. The van der Waals surface area contributed by atoms with Crippen LogP contribution in [0.3, 0.4) is 0 Å². The zero-order valence-electron chi connectivity index (χ0n) is 14.1. The number of carbonyl (C=O) groups excluding carboxylic acids is 1. The third-order valence-corrected chi connectivity index (χ3v) is 4.82. The summed E-state index contributed by atoms with van der Waals surface area (Å²) in [4.78, 5) is 16.2. The average Bonchev–Trinajstić information content (AvgIpc) is 3.20. The molecule has 3 aromatic rings. The number of rotatable bonds is 3. The summed E-state index contributed by atoms with van der Waals surface area (Å²) in [6.07, 6.45) is 3.72. The van der Waals surface area contributed by atoms with E-state index in [-0.39, 0.29) is 11.1 Å². The Morgan fingerprint density at radius 3 is 2.46 bits per heavy atom. The second-order valence-electron chi connectivity index (χ2n) is 5.95. The van der Waals surface area contributed by atoms with Gasteiger partial charge in [0, 0.05) is 17.3 Å². The monoisotopic (exact) mass is 360 g/mol. The first-order chi connectivity index (χ1) is 12.6. The standard InChI is InChI=1S/C20H16N4OS/c1-13-7-9-14(10-8-13)18-15(11-17-19(25)22-20(21)26-17)12-24(23-18)16-5-3-2-4-6-16/h2-12H,1H3,(H2,21,22,25). The maximum Gasteiger partial charge on any atom is 0.286 e. The van der Waals surface area contributed by atoms with Crippen molar-refractivity contribution < 1.29 is 4.79 Å². The lowest BCUT2D eigenvalue weighted by atomic mass is 10.1. The molecule has 0 bridgehead atoms. The van der Waals surface area contributed by atoms with Crippen molar-refractivity contribution in [2.24, 2.45) is 10.7 Å². The third-order valence-electron chi connectivity index (χ3n) is 4.01. The fourth-order valence-electron chi connectivity index (χ4n) is 2.71. The molecule has 26 heavy (non-hydrogen) atoms. The molecule has 4 rings (SSSR count). The zero-order chi connectivity index (χ0) is 18.1. The van der Waals surface area contributed by atoms with Crippen molar-refractivity contribution in [2.75, 3.05) is 0 Å². The van der Waals surface area contributed by atoms with Gasteiger partial charge >= 0.3 is 0 Å². The molecule has 0 saturated carbocycles. The van der Waals surface area contributed by atoms with Crippen LogP contribution in [-0.2, 0) is 4.79 Å². The molecule has 1 amide bonds. The molecular weight excluding hydrogens is 344 g/mol. The fraction of sp³-hybridized carbons (Fsp3) is 0.0500. The van der Waals surface area contributed by atoms with E-state index in [1.165, 1.54) is 17.3 Å². The number of aromatic nitrogens is 2. The SMILES string of the molecule is Cc1ccc(-c2nn(-c3ccccc3)cc2C=C2SC(N)=NC2=O)cc1. The van der Waals surface area contributed by atoms with Gasteiger partial charge < -0.3 is 5.73 Å². The maximum atomic E-state index is 12.0. The molecule has 5 nitrogen and oxygen atoms in total. The Hall–Kier alpha value is -3.12. The number of para-hydroxylation sites is 1. The van der Waals surface area contributed by atoms with Gasteiger partial charge in [0.1, 0.15) is 0 Å². The van der Waals surface area contributed by atoms with E-state index in [0.29, 0.717) is 4.91 Å². The Morgan fingerprint density at radius 1 is 1.08 bits per heavy atom. The van der Waals surface area contributed by atoms with Crippen LogP contribution in [0, 0.1) is 6.92 Å². The van der Waals surface area contributed by atoms with Crippen molar-refractivity contribution in [3.8, 4) is 16.9 Å². The second-order valence-corrected chi connectivity index (χ2v) is 7.01. The fourth-order valence-corrected chi connectivity index (χ4v) is 3.38. The summed E-state index contributed by atoms with van der Waals surface area (Å²) >= 11 is 1.18. The number of carbonyl (C=O) groups is 1. The van der Waals surface area contributed by atoms with Crippen molar-refractivity contribution in [3.63, 3.8) is 0 Å². The van der Waals surface area contributed by atoms with Gasteiger partial charge in [0.2, 0.25) is 0 Å². The van der Waals surface area contributed by atoms with Gasteiger partial charge in [-0.1, -0.05) is 48.0 Å². The van der Waals surface area contributed by atoms with Crippen LogP contribution in [0.4, 0.5) is 0 Å². The first kappa shape index (κ1) is 16.4. The van der Waals surface area contributed by atoms with Crippen molar-refractivity contribution in [2.45, 2.75) is 6.92 Å². The van der Waals surface area contributed by atoms with Gasteiger partial charge in [0.05, 0.1) is 16.3 Å². The number of nitrogens with two attached hydrogens (primary N) is 1. The van der Waals surface area contributed by atoms with Gasteiger partial charge in [-0.15, -0.1) is 0 Å². The molecule has 0 radical (unpaired) electrons. The van der Waals surface area contributed by atoms with Crippen LogP contribution in [0.5, 0.6) is 0 Å². The Bertz CT molecular complexity index is 1030. The van der Waals surface area contributed by atoms with Gasteiger partial charge in [-0.2, -0.15) is 10.1 Å². The van der Waals surface area contributed by atoms with E-state index in [4.69, 9.17) is 10.8 Å². The Balaban J connectivity index is 1.83. The molecule has 0 spiro atoms. The summed E-state index contributed by atoms with van der Waals surface area (Å²) in [5.74, 6) is -0.310. The summed E-state index contributed by atoms with van der Waals surface area (Å²) in [6, 6.07) is 18.0. The summed E-state index contributed by atoms with van der Waals surface area (Å²) in [7, 11) is 0. The highest BCUT2D eigenvalue weighted by Crippen LogP contribution is 2.31. The number of aliphatic imine (C=N–C) groups is 1. The Kier molecular flexibility index (Phi) is 4.18. The summed E-state index contributed by atoms with van der Waals surface area (Å²) in [5.41, 5.74) is 10.4. The van der Waals surface area contributed by atoms with E-state index in [9.17, 15) is 4.79 Å². The smallest absolute Gasteiger partial charge is 0.286 e. The molecule has 2 N–H and O–H groups in total. The summed E-state index contributed by atoms with van der Waals surface area (Å²) in [5, 5.41) is 5.02. The Labute approximate surface area is 155 Å². The average molecular weight is 360 g/mol. The predicted molar refractivity (Wildman–Crippen MR) is 106 cm³/mol. The van der Waals surface area contributed by atoms with E-state index in [1.54, 1.807) is 6.08 Å². The molecule has 0 unspecified atom stereocenters. The van der Waals surface area contributed by atoms with E-state index >= 15 is 0 Å². The van der Waals surface area contributed by atoms with Crippen molar-refractivity contribution in [3.05, 3.63) is 76.8 Å². The lowest BCUT2D eigenvalue weighted by molar-refractivity contribution is -0.113. The maximum absolute atomic E-state index is 12.0. The number of benzene rings is 2. The molecule has 2 aromatic carbocycles. The van der Waals surface area contributed by atoms with Gasteiger partial charge in [0.25, 0.3) is 5.91 Å². The topological polar surface area (TPSA) is 73.3 Å². The molecule has 128 valence electrons. The third kappa shape index (κ3) is 3.19. The normalized spacial score (nSPS) is 15.5. The highest BCUT2D eigenvalue weighted by atomic mass is 32.2. The van der Waals surface area contributed by atoms with E-state index in [2.05, 4.69) is 4.99 Å². The first-order valence-corrected chi connectivity index (χ1v) is 8.92. The molecule has 1 aromatic heterocycles. The highest BCUT2D eigenvalue weighted by molar-refractivity contribution is 8.18. The molecule has 0 atom stereocenters.